The number of thiophene rings is 1. The van der Waals surface area contributed by atoms with Gasteiger partial charge in [0.15, 0.2) is 0 Å². The van der Waals surface area contributed by atoms with Crippen LogP contribution in [0.5, 0.6) is 0 Å². The predicted molar refractivity (Wildman–Crippen MR) is 69.2 cm³/mol. The molecule has 0 aliphatic carbocycles. The number of likely N-dealkylation sites (N-methyl/N-ethyl adjacent to an activating group) is 1. The van der Waals surface area contributed by atoms with Crippen molar-refractivity contribution in [2.24, 2.45) is 0 Å². The van der Waals surface area contributed by atoms with Crippen LogP contribution in [0.15, 0.2) is 16.8 Å². The Hall–Kier alpha value is -1.36. The van der Waals surface area contributed by atoms with Gasteiger partial charge >= 0.3 is 0 Å². The van der Waals surface area contributed by atoms with E-state index >= 15 is 0 Å². The van der Waals surface area contributed by atoms with Crippen molar-refractivity contribution >= 4 is 23.2 Å². The Bertz CT molecular complexity index is 374. The van der Waals surface area contributed by atoms with Crippen LogP contribution in [0.2, 0.25) is 0 Å². The molecule has 94 valence electrons. The summed E-state index contributed by atoms with van der Waals surface area (Å²) in [6.07, 6.45) is 0. The first-order chi connectivity index (χ1) is 8.04. The third-order valence-electron chi connectivity index (χ3n) is 2.22. The number of rotatable bonds is 5. The van der Waals surface area contributed by atoms with E-state index in [4.69, 9.17) is 0 Å². The lowest BCUT2D eigenvalue weighted by Crippen LogP contribution is -2.42. The van der Waals surface area contributed by atoms with E-state index in [0.717, 1.165) is 0 Å². The number of amides is 2. The van der Waals surface area contributed by atoms with E-state index in [9.17, 15) is 9.59 Å². The summed E-state index contributed by atoms with van der Waals surface area (Å²) in [5.41, 5.74) is 0.647. The molecular weight excluding hydrogens is 236 g/mol. The van der Waals surface area contributed by atoms with Gasteiger partial charge in [-0.25, -0.2) is 0 Å². The fraction of sp³-hybridized carbons (Fsp3) is 0.500. The van der Waals surface area contributed by atoms with Crippen molar-refractivity contribution in [3.8, 4) is 0 Å². The van der Waals surface area contributed by atoms with Crippen molar-refractivity contribution in [1.29, 1.82) is 0 Å². The number of nitrogens with zero attached hydrogens (tertiary/aromatic N) is 1. The Balaban J connectivity index is 2.60. The molecule has 0 aromatic carbocycles. The van der Waals surface area contributed by atoms with E-state index in [1.807, 2.05) is 26.2 Å². The van der Waals surface area contributed by atoms with Crippen LogP contribution < -0.4 is 5.32 Å². The molecule has 17 heavy (non-hydrogen) atoms. The molecule has 1 N–H and O–H groups in total. The molecule has 0 saturated carbocycles. The van der Waals surface area contributed by atoms with Crippen LogP contribution in [0.1, 0.15) is 31.1 Å². The number of carbonyl (C=O) groups excluding carboxylic acids is 2. The first-order valence-corrected chi connectivity index (χ1v) is 6.59. The van der Waals surface area contributed by atoms with Gasteiger partial charge in [0, 0.05) is 18.0 Å². The van der Waals surface area contributed by atoms with E-state index in [0.29, 0.717) is 12.1 Å². The highest BCUT2D eigenvalue weighted by molar-refractivity contribution is 7.08. The van der Waals surface area contributed by atoms with Crippen LogP contribution in [-0.2, 0) is 4.79 Å². The molecule has 0 bridgehead atoms. The number of hydrogen-bond donors (Lipinski definition) is 1. The summed E-state index contributed by atoms with van der Waals surface area (Å²) in [4.78, 5) is 25.1. The molecule has 0 aliphatic heterocycles. The Morgan fingerprint density at radius 2 is 2.18 bits per heavy atom. The van der Waals surface area contributed by atoms with Gasteiger partial charge in [0.05, 0.1) is 12.1 Å². The molecule has 0 aliphatic rings. The van der Waals surface area contributed by atoms with Crippen LogP contribution in [0.4, 0.5) is 0 Å². The van der Waals surface area contributed by atoms with Gasteiger partial charge < -0.3 is 10.2 Å². The highest BCUT2D eigenvalue weighted by atomic mass is 32.1. The van der Waals surface area contributed by atoms with Crippen molar-refractivity contribution < 1.29 is 9.59 Å². The quantitative estimate of drug-likeness (QED) is 0.870. The second kappa shape index (κ2) is 6.39. The Morgan fingerprint density at radius 1 is 1.47 bits per heavy atom. The second-order valence-electron chi connectivity index (χ2n) is 4.05. The topological polar surface area (TPSA) is 49.4 Å². The molecule has 1 heterocycles. The summed E-state index contributed by atoms with van der Waals surface area (Å²) in [7, 11) is 0. The molecule has 0 radical (unpaired) electrons. The molecule has 0 unspecified atom stereocenters. The van der Waals surface area contributed by atoms with E-state index in [2.05, 4.69) is 5.32 Å². The molecule has 0 saturated heterocycles. The smallest absolute Gasteiger partial charge is 0.255 e. The summed E-state index contributed by atoms with van der Waals surface area (Å²) in [6.45, 7) is 6.31. The summed E-state index contributed by atoms with van der Waals surface area (Å²) < 4.78 is 0. The first-order valence-electron chi connectivity index (χ1n) is 5.65. The van der Waals surface area contributed by atoms with Crippen molar-refractivity contribution in [1.82, 2.24) is 10.2 Å². The summed E-state index contributed by atoms with van der Waals surface area (Å²) >= 11 is 1.48. The first kappa shape index (κ1) is 13.7. The van der Waals surface area contributed by atoms with Gasteiger partial charge in [-0.2, -0.15) is 11.3 Å². The minimum atomic E-state index is -0.120. The minimum absolute atomic E-state index is 0.0901. The lowest BCUT2D eigenvalue weighted by atomic mass is 10.3. The van der Waals surface area contributed by atoms with Crippen molar-refractivity contribution in [3.05, 3.63) is 22.4 Å². The molecule has 0 atom stereocenters. The number of hydrogen-bond acceptors (Lipinski definition) is 3. The molecule has 0 spiro atoms. The van der Waals surface area contributed by atoms with Crippen molar-refractivity contribution in [3.63, 3.8) is 0 Å². The standard InChI is InChI=1S/C12H18N2O2S/c1-4-14(7-11(15)13-9(2)3)12(16)10-5-6-17-8-10/h5-6,8-9H,4,7H2,1-3H3,(H,13,15). The Morgan fingerprint density at radius 3 is 2.65 bits per heavy atom. The average Bonchev–Trinajstić information content (AvgIpc) is 2.77. The van der Waals surface area contributed by atoms with E-state index in [-0.39, 0.29) is 24.4 Å². The molecule has 2 amide bonds. The Labute approximate surface area is 106 Å². The van der Waals surface area contributed by atoms with Gasteiger partial charge in [0.1, 0.15) is 0 Å². The van der Waals surface area contributed by atoms with Gasteiger partial charge in [0.25, 0.3) is 5.91 Å². The van der Waals surface area contributed by atoms with E-state index in [1.54, 1.807) is 16.3 Å². The highest BCUT2D eigenvalue weighted by Crippen LogP contribution is 2.09. The zero-order chi connectivity index (χ0) is 12.8. The molecule has 5 heteroatoms. The SMILES string of the molecule is CCN(CC(=O)NC(C)C)C(=O)c1ccsc1. The summed E-state index contributed by atoms with van der Waals surface area (Å²) in [5, 5.41) is 6.43. The second-order valence-corrected chi connectivity index (χ2v) is 4.83. The average molecular weight is 254 g/mol. The zero-order valence-electron chi connectivity index (χ0n) is 10.4. The summed E-state index contributed by atoms with van der Waals surface area (Å²) in [6, 6.07) is 1.87. The highest BCUT2D eigenvalue weighted by Gasteiger charge is 2.17. The van der Waals surface area contributed by atoms with Crippen LogP contribution in [-0.4, -0.2) is 35.8 Å². The van der Waals surface area contributed by atoms with Gasteiger partial charge in [-0.3, -0.25) is 9.59 Å². The van der Waals surface area contributed by atoms with Gasteiger partial charge in [-0.15, -0.1) is 0 Å². The van der Waals surface area contributed by atoms with Crippen LogP contribution >= 0.6 is 11.3 Å². The number of carbonyl (C=O) groups is 2. The Kier molecular flexibility index (Phi) is 5.15. The largest absolute Gasteiger partial charge is 0.352 e. The maximum absolute atomic E-state index is 12.0. The lowest BCUT2D eigenvalue weighted by molar-refractivity contribution is -0.122. The van der Waals surface area contributed by atoms with E-state index in [1.165, 1.54) is 11.3 Å². The molecule has 1 aromatic rings. The van der Waals surface area contributed by atoms with Gasteiger partial charge in [-0.05, 0) is 32.2 Å². The van der Waals surface area contributed by atoms with Crippen molar-refractivity contribution in [2.45, 2.75) is 26.8 Å². The third-order valence-corrected chi connectivity index (χ3v) is 2.90. The normalized spacial score (nSPS) is 10.4. The fourth-order valence-electron chi connectivity index (χ4n) is 1.44. The monoisotopic (exact) mass is 254 g/mol. The molecular formula is C12H18N2O2S. The van der Waals surface area contributed by atoms with Gasteiger partial charge in [0.2, 0.25) is 5.91 Å². The zero-order valence-corrected chi connectivity index (χ0v) is 11.2. The maximum Gasteiger partial charge on any atom is 0.255 e. The van der Waals surface area contributed by atoms with Crippen molar-refractivity contribution in [2.75, 3.05) is 13.1 Å². The van der Waals surface area contributed by atoms with Crippen LogP contribution in [0, 0.1) is 0 Å². The molecule has 4 nitrogen and oxygen atoms in total. The minimum Gasteiger partial charge on any atom is -0.352 e. The van der Waals surface area contributed by atoms with E-state index < -0.39 is 0 Å². The maximum atomic E-state index is 12.0. The van der Waals surface area contributed by atoms with Gasteiger partial charge in [-0.1, -0.05) is 0 Å². The van der Waals surface area contributed by atoms with Crippen LogP contribution in [0.25, 0.3) is 0 Å². The number of nitrogens with one attached hydrogen (secondary N) is 1. The fourth-order valence-corrected chi connectivity index (χ4v) is 2.07. The van der Waals surface area contributed by atoms with Crippen LogP contribution in [0.3, 0.4) is 0 Å². The lowest BCUT2D eigenvalue weighted by Gasteiger charge is -2.20. The molecule has 1 aromatic heterocycles. The molecule has 1 rings (SSSR count). The predicted octanol–water partition coefficient (Wildman–Crippen LogP) is 1.73. The third kappa shape index (κ3) is 4.19. The summed E-state index contributed by atoms with van der Waals surface area (Å²) in [5.74, 6) is -0.210. The molecule has 0 fully saturated rings.